The van der Waals surface area contributed by atoms with E-state index in [1.165, 1.54) is 11.3 Å². The maximum atomic E-state index is 12.8. The second-order valence-electron chi connectivity index (χ2n) is 6.48. The minimum Gasteiger partial charge on any atom is -0.489 e. The van der Waals surface area contributed by atoms with Crippen LogP contribution in [0.1, 0.15) is 11.1 Å². The Hall–Kier alpha value is -3.44. The normalized spacial score (nSPS) is 12.1. The van der Waals surface area contributed by atoms with Crippen molar-refractivity contribution < 1.29 is 4.74 Å². The lowest BCUT2D eigenvalue weighted by molar-refractivity contribution is 0.306. The van der Waals surface area contributed by atoms with Gasteiger partial charge in [-0.25, -0.2) is 9.38 Å². The molecule has 0 N–H and O–H groups in total. The fraction of sp³-hybridized carbons (Fsp3) is 0.0435. The third kappa shape index (κ3) is 3.06. The maximum absolute atomic E-state index is 12.8. The number of para-hydroxylation sites is 2. The minimum absolute atomic E-state index is 0.0295. The highest BCUT2D eigenvalue weighted by Gasteiger charge is 2.10. The first-order valence-corrected chi connectivity index (χ1v) is 9.78. The molecule has 5 rings (SSSR count). The van der Waals surface area contributed by atoms with E-state index in [1.807, 2.05) is 84.9 Å². The van der Waals surface area contributed by atoms with Crippen LogP contribution in [-0.2, 0) is 6.61 Å². The van der Waals surface area contributed by atoms with E-state index in [1.54, 1.807) is 4.40 Å². The Morgan fingerprint density at radius 1 is 0.929 bits per heavy atom. The van der Waals surface area contributed by atoms with Crippen molar-refractivity contribution in [3.63, 3.8) is 0 Å². The molecule has 0 aliphatic heterocycles. The van der Waals surface area contributed by atoms with Gasteiger partial charge in [-0.15, -0.1) is 0 Å². The van der Waals surface area contributed by atoms with Gasteiger partial charge in [-0.05, 0) is 41.5 Å². The van der Waals surface area contributed by atoms with Gasteiger partial charge < -0.3 is 4.74 Å². The Balaban J connectivity index is 1.43. The molecule has 3 aromatic carbocycles. The van der Waals surface area contributed by atoms with E-state index >= 15 is 0 Å². The van der Waals surface area contributed by atoms with E-state index in [-0.39, 0.29) is 5.56 Å². The van der Waals surface area contributed by atoms with Gasteiger partial charge >= 0.3 is 0 Å². The summed E-state index contributed by atoms with van der Waals surface area (Å²) < 4.78 is 8.17. The predicted molar refractivity (Wildman–Crippen MR) is 113 cm³/mol. The number of fused-ring (bicyclic) bond motifs is 3. The van der Waals surface area contributed by atoms with Gasteiger partial charge in [0, 0.05) is 0 Å². The number of benzene rings is 3. The highest BCUT2D eigenvalue weighted by atomic mass is 32.1. The summed E-state index contributed by atoms with van der Waals surface area (Å²) in [5.74, 6) is 0.801. The largest absolute Gasteiger partial charge is 0.489 e. The Labute approximate surface area is 165 Å². The smallest absolute Gasteiger partial charge is 0.274 e. The molecule has 0 saturated heterocycles. The molecule has 4 nitrogen and oxygen atoms in total. The molecule has 0 fully saturated rings. The second-order valence-corrected chi connectivity index (χ2v) is 7.49. The molecule has 5 heteroatoms. The summed E-state index contributed by atoms with van der Waals surface area (Å²) in [4.78, 5) is 18.1. The first kappa shape index (κ1) is 16.7. The van der Waals surface area contributed by atoms with Crippen molar-refractivity contribution in [2.45, 2.75) is 6.61 Å². The van der Waals surface area contributed by atoms with Crippen LogP contribution in [0.25, 0.3) is 22.1 Å². The van der Waals surface area contributed by atoms with Gasteiger partial charge in [-0.3, -0.25) is 4.79 Å². The molecular formula is C23H16N2O2S. The average molecular weight is 384 g/mol. The van der Waals surface area contributed by atoms with Crippen LogP contribution in [0.15, 0.2) is 83.7 Å². The number of aromatic nitrogens is 2. The zero-order chi connectivity index (χ0) is 18.9. The molecule has 0 spiro atoms. The predicted octanol–water partition coefficient (Wildman–Crippen LogP) is 4.04. The summed E-state index contributed by atoms with van der Waals surface area (Å²) in [7, 11) is 0. The van der Waals surface area contributed by atoms with E-state index in [0.29, 0.717) is 11.1 Å². The SMILES string of the molecule is O=c1/c(=C/c2ccc(OCc3ccccc3)cc2)sc2nc3ccccc3n12. The van der Waals surface area contributed by atoms with Crippen LogP contribution in [0, 0.1) is 0 Å². The quantitative estimate of drug-likeness (QED) is 0.470. The molecule has 2 aromatic heterocycles. The molecule has 28 heavy (non-hydrogen) atoms. The van der Waals surface area contributed by atoms with Crippen molar-refractivity contribution in [1.29, 1.82) is 0 Å². The lowest BCUT2D eigenvalue weighted by Crippen LogP contribution is -2.22. The van der Waals surface area contributed by atoms with Crippen molar-refractivity contribution in [3.05, 3.63) is 105 Å². The van der Waals surface area contributed by atoms with Crippen LogP contribution in [-0.4, -0.2) is 9.38 Å². The number of hydrogen-bond donors (Lipinski definition) is 0. The van der Waals surface area contributed by atoms with Crippen molar-refractivity contribution >= 4 is 33.4 Å². The van der Waals surface area contributed by atoms with E-state index in [2.05, 4.69) is 4.98 Å². The standard InChI is InChI=1S/C23H16N2O2S/c26-22-21(28-23-24-19-8-4-5-9-20(19)25(22)23)14-16-10-12-18(13-11-16)27-15-17-6-2-1-3-7-17/h1-14H,15H2/b21-14-. The molecule has 5 aromatic rings. The van der Waals surface area contributed by atoms with Gasteiger partial charge in [0.2, 0.25) is 0 Å². The van der Waals surface area contributed by atoms with Crippen LogP contribution in [0.5, 0.6) is 5.75 Å². The molecule has 0 radical (unpaired) electrons. The van der Waals surface area contributed by atoms with E-state index in [9.17, 15) is 4.79 Å². The van der Waals surface area contributed by atoms with Gasteiger partial charge in [0.15, 0.2) is 4.96 Å². The zero-order valence-electron chi connectivity index (χ0n) is 14.9. The lowest BCUT2D eigenvalue weighted by atomic mass is 10.2. The molecule has 0 unspecified atom stereocenters. The van der Waals surface area contributed by atoms with Crippen molar-refractivity contribution in [1.82, 2.24) is 9.38 Å². The summed E-state index contributed by atoms with van der Waals surface area (Å²) >= 11 is 1.41. The molecule has 136 valence electrons. The monoisotopic (exact) mass is 384 g/mol. The van der Waals surface area contributed by atoms with Crippen molar-refractivity contribution in [2.75, 3.05) is 0 Å². The van der Waals surface area contributed by atoms with Crippen LogP contribution in [0.2, 0.25) is 0 Å². The molecule has 0 atom stereocenters. The van der Waals surface area contributed by atoms with Crippen LogP contribution >= 0.6 is 11.3 Å². The van der Waals surface area contributed by atoms with Crippen LogP contribution in [0.3, 0.4) is 0 Å². The van der Waals surface area contributed by atoms with E-state index in [0.717, 1.165) is 32.9 Å². The Kier molecular flexibility index (Phi) is 4.14. The molecule has 0 amide bonds. The summed E-state index contributed by atoms with van der Waals surface area (Å²) in [5, 5.41) is 0. The number of ether oxygens (including phenoxy) is 1. The first-order valence-electron chi connectivity index (χ1n) is 8.96. The topological polar surface area (TPSA) is 43.6 Å². The Morgan fingerprint density at radius 2 is 1.68 bits per heavy atom. The maximum Gasteiger partial charge on any atom is 0.274 e. The van der Waals surface area contributed by atoms with Crippen molar-refractivity contribution in [2.24, 2.45) is 0 Å². The minimum atomic E-state index is -0.0295. The molecule has 0 saturated carbocycles. The number of hydrogen-bond acceptors (Lipinski definition) is 4. The lowest BCUT2D eigenvalue weighted by Gasteiger charge is -2.06. The summed E-state index contributed by atoms with van der Waals surface area (Å²) in [5.41, 5.74) is 3.75. The van der Waals surface area contributed by atoms with Crippen LogP contribution < -0.4 is 14.8 Å². The molecule has 0 aliphatic carbocycles. The number of imidazole rings is 1. The molecule has 0 bridgehead atoms. The van der Waals surface area contributed by atoms with Gasteiger partial charge in [-0.1, -0.05) is 65.9 Å². The number of rotatable bonds is 4. The fourth-order valence-electron chi connectivity index (χ4n) is 3.16. The van der Waals surface area contributed by atoms with Gasteiger partial charge in [0.25, 0.3) is 5.56 Å². The average Bonchev–Trinajstić information content (AvgIpc) is 3.24. The second kappa shape index (κ2) is 6.94. The van der Waals surface area contributed by atoms with E-state index < -0.39 is 0 Å². The fourth-order valence-corrected chi connectivity index (χ4v) is 4.15. The third-order valence-corrected chi connectivity index (χ3v) is 5.54. The molecule has 2 heterocycles. The van der Waals surface area contributed by atoms with Crippen molar-refractivity contribution in [3.8, 4) is 5.75 Å². The third-order valence-electron chi connectivity index (χ3n) is 4.57. The van der Waals surface area contributed by atoms with Gasteiger partial charge in [0.1, 0.15) is 12.4 Å². The highest BCUT2D eigenvalue weighted by molar-refractivity contribution is 7.15. The summed E-state index contributed by atoms with van der Waals surface area (Å²) in [6, 6.07) is 25.5. The Morgan fingerprint density at radius 3 is 2.50 bits per heavy atom. The van der Waals surface area contributed by atoms with Crippen LogP contribution in [0.4, 0.5) is 0 Å². The zero-order valence-corrected chi connectivity index (χ0v) is 15.7. The summed E-state index contributed by atoms with van der Waals surface area (Å²) in [6.45, 7) is 0.532. The summed E-state index contributed by atoms with van der Waals surface area (Å²) in [6.07, 6.45) is 1.90. The van der Waals surface area contributed by atoms with Gasteiger partial charge in [0.05, 0.1) is 15.6 Å². The Bertz CT molecular complexity index is 1370. The number of thiazole rings is 1. The van der Waals surface area contributed by atoms with Gasteiger partial charge in [-0.2, -0.15) is 0 Å². The first-order chi connectivity index (χ1) is 13.8. The molecular weight excluding hydrogens is 368 g/mol. The van der Waals surface area contributed by atoms with E-state index in [4.69, 9.17) is 4.74 Å². The highest BCUT2D eigenvalue weighted by Crippen LogP contribution is 2.17. The molecule has 0 aliphatic rings. The number of nitrogens with zero attached hydrogens (tertiary/aromatic N) is 2.